The van der Waals surface area contributed by atoms with E-state index >= 15 is 0 Å². The van der Waals surface area contributed by atoms with Crippen molar-refractivity contribution in [2.75, 3.05) is 11.9 Å². The minimum absolute atomic E-state index is 0.443. The number of hydrogen-bond donors (Lipinski definition) is 2. The summed E-state index contributed by atoms with van der Waals surface area (Å²) in [6, 6.07) is 11.5. The fourth-order valence-electron chi connectivity index (χ4n) is 1.65. The lowest BCUT2D eigenvalue weighted by atomic mass is 10.2. The summed E-state index contributed by atoms with van der Waals surface area (Å²) in [6.45, 7) is 2.47. The molecule has 0 saturated heterocycles. The molecule has 0 spiro atoms. The first-order valence-electron chi connectivity index (χ1n) is 5.76. The van der Waals surface area contributed by atoms with Crippen LogP contribution in [0.2, 0.25) is 0 Å². The molecule has 0 fully saturated rings. The highest BCUT2D eigenvalue weighted by Gasteiger charge is 2.07. The number of aliphatic hydroxyl groups excluding tert-OH is 1. The number of halogens is 1. The van der Waals surface area contributed by atoms with Crippen LogP contribution in [0.3, 0.4) is 0 Å². The third kappa shape index (κ3) is 3.31. The molecule has 4 heteroatoms. The number of aromatic nitrogens is 1. The van der Waals surface area contributed by atoms with Crippen molar-refractivity contribution in [3.8, 4) is 0 Å². The molecule has 1 heterocycles. The van der Waals surface area contributed by atoms with Gasteiger partial charge in [0.15, 0.2) is 0 Å². The van der Waals surface area contributed by atoms with E-state index < -0.39 is 6.10 Å². The van der Waals surface area contributed by atoms with Gasteiger partial charge in [-0.25, -0.2) is 0 Å². The van der Waals surface area contributed by atoms with Crippen molar-refractivity contribution in [2.24, 2.45) is 0 Å². The first-order chi connectivity index (χ1) is 8.66. The predicted octanol–water partition coefficient (Wildman–Crippen LogP) is 3.30. The maximum absolute atomic E-state index is 9.97. The second kappa shape index (κ2) is 5.98. The van der Waals surface area contributed by atoms with Crippen molar-refractivity contribution < 1.29 is 5.11 Å². The molecule has 1 aromatic carbocycles. The third-order valence-corrected chi connectivity index (χ3v) is 3.58. The van der Waals surface area contributed by atoms with Gasteiger partial charge in [0.05, 0.1) is 5.69 Å². The molecule has 1 atom stereocenters. The van der Waals surface area contributed by atoms with E-state index in [1.54, 1.807) is 6.20 Å². The van der Waals surface area contributed by atoms with Gasteiger partial charge < -0.3 is 10.4 Å². The van der Waals surface area contributed by atoms with Crippen molar-refractivity contribution >= 4 is 21.6 Å². The maximum atomic E-state index is 9.97. The van der Waals surface area contributed by atoms with Gasteiger partial charge in [0.2, 0.25) is 0 Å². The average Bonchev–Trinajstić information content (AvgIpc) is 2.41. The molecule has 0 aliphatic carbocycles. The minimum Gasteiger partial charge on any atom is -0.385 e. The van der Waals surface area contributed by atoms with Crippen LogP contribution in [0, 0.1) is 6.92 Å². The molecule has 3 nitrogen and oxygen atoms in total. The summed E-state index contributed by atoms with van der Waals surface area (Å²) in [5.41, 5.74) is 2.83. The Labute approximate surface area is 115 Å². The van der Waals surface area contributed by atoms with Crippen molar-refractivity contribution in [3.05, 3.63) is 58.3 Å². The van der Waals surface area contributed by atoms with Crippen LogP contribution in [-0.4, -0.2) is 16.6 Å². The monoisotopic (exact) mass is 306 g/mol. The average molecular weight is 307 g/mol. The normalized spacial score (nSPS) is 12.2. The first kappa shape index (κ1) is 13.1. The number of nitrogens with zero attached hydrogens (tertiary/aromatic N) is 1. The van der Waals surface area contributed by atoms with Crippen molar-refractivity contribution in [2.45, 2.75) is 13.0 Å². The maximum Gasteiger partial charge on any atom is 0.113 e. The zero-order chi connectivity index (χ0) is 13.0. The molecule has 0 amide bonds. The second-order valence-electron chi connectivity index (χ2n) is 4.12. The summed E-state index contributed by atoms with van der Waals surface area (Å²) in [6.07, 6.45) is 1.08. The lowest BCUT2D eigenvalue weighted by Crippen LogP contribution is -2.13. The fraction of sp³-hybridized carbons (Fsp3) is 0.214. The van der Waals surface area contributed by atoms with Gasteiger partial charge in [0.1, 0.15) is 6.10 Å². The summed E-state index contributed by atoms with van der Waals surface area (Å²) < 4.78 is 1.08. The summed E-state index contributed by atoms with van der Waals surface area (Å²) >= 11 is 3.46. The van der Waals surface area contributed by atoms with E-state index in [2.05, 4.69) is 26.2 Å². The molecule has 1 aromatic heterocycles. The van der Waals surface area contributed by atoms with Gasteiger partial charge in [-0.15, -0.1) is 0 Å². The number of aryl methyl sites for hydroxylation is 1. The molecule has 0 bridgehead atoms. The molecular formula is C14H15BrN2O. The van der Waals surface area contributed by atoms with Gasteiger partial charge in [0, 0.05) is 22.9 Å². The van der Waals surface area contributed by atoms with Crippen LogP contribution >= 0.6 is 15.9 Å². The highest BCUT2D eigenvalue weighted by atomic mass is 79.9. The minimum atomic E-state index is -0.602. The van der Waals surface area contributed by atoms with Gasteiger partial charge >= 0.3 is 0 Å². The quantitative estimate of drug-likeness (QED) is 0.911. The van der Waals surface area contributed by atoms with E-state index in [1.165, 1.54) is 0 Å². The number of hydrogen-bond acceptors (Lipinski definition) is 3. The third-order valence-electron chi connectivity index (χ3n) is 2.69. The van der Waals surface area contributed by atoms with Crippen LogP contribution in [0.5, 0.6) is 0 Å². The predicted molar refractivity (Wildman–Crippen MR) is 76.6 cm³/mol. The Morgan fingerprint density at radius 2 is 2.17 bits per heavy atom. The lowest BCUT2D eigenvalue weighted by Gasteiger charge is -2.13. The molecular weight excluding hydrogens is 292 g/mol. The van der Waals surface area contributed by atoms with Crippen LogP contribution in [0.1, 0.15) is 17.4 Å². The Morgan fingerprint density at radius 1 is 1.33 bits per heavy atom. The Hall–Kier alpha value is -1.39. The van der Waals surface area contributed by atoms with E-state index in [9.17, 15) is 5.11 Å². The Bertz CT molecular complexity index is 516. The van der Waals surface area contributed by atoms with E-state index in [0.717, 1.165) is 15.7 Å². The standard InChI is InChI=1S/C14H15BrN2O/c1-10-8-11(5-6-12(10)15)17-9-14(18)13-4-2-3-7-16-13/h2-8,14,17-18H,9H2,1H3. The van der Waals surface area contributed by atoms with Crippen LogP contribution in [-0.2, 0) is 0 Å². The van der Waals surface area contributed by atoms with Gasteiger partial charge in [-0.05, 0) is 42.8 Å². The van der Waals surface area contributed by atoms with E-state index in [-0.39, 0.29) is 0 Å². The van der Waals surface area contributed by atoms with Crippen LogP contribution in [0.4, 0.5) is 5.69 Å². The molecule has 2 rings (SSSR count). The largest absolute Gasteiger partial charge is 0.385 e. The lowest BCUT2D eigenvalue weighted by molar-refractivity contribution is 0.187. The van der Waals surface area contributed by atoms with Gasteiger partial charge in [0.25, 0.3) is 0 Å². The Balaban J connectivity index is 1.97. The van der Waals surface area contributed by atoms with Gasteiger partial charge in [-0.2, -0.15) is 0 Å². The Kier molecular flexibility index (Phi) is 4.33. The van der Waals surface area contributed by atoms with E-state index in [0.29, 0.717) is 12.2 Å². The van der Waals surface area contributed by atoms with Gasteiger partial charge in [-0.3, -0.25) is 4.98 Å². The summed E-state index contributed by atoms with van der Waals surface area (Å²) in [4.78, 5) is 4.13. The molecule has 18 heavy (non-hydrogen) atoms. The number of aliphatic hydroxyl groups is 1. The van der Waals surface area contributed by atoms with Crippen LogP contribution in [0.15, 0.2) is 47.1 Å². The van der Waals surface area contributed by atoms with Gasteiger partial charge in [-0.1, -0.05) is 22.0 Å². The highest BCUT2D eigenvalue weighted by Crippen LogP contribution is 2.20. The molecule has 94 valence electrons. The molecule has 2 aromatic rings. The van der Waals surface area contributed by atoms with Crippen LogP contribution in [0.25, 0.3) is 0 Å². The highest BCUT2D eigenvalue weighted by molar-refractivity contribution is 9.10. The summed E-state index contributed by atoms with van der Waals surface area (Å²) in [5.74, 6) is 0. The first-order valence-corrected chi connectivity index (χ1v) is 6.55. The molecule has 0 aliphatic heterocycles. The topological polar surface area (TPSA) is 45.1 Å². The number of pyridine rings is 1. The summed E-state index contributed by atoms with van der Waals surface area (Å²) in [5, 5.41) is 13.2. The molecule has 0 radical (unpaired) electrons. The van der Waals surface area contributed by atoms with Crippen molar-refractivity contribution in [1.29, 1.82) is 0 Å². The Morgan fingerprint density at radius 3 is 2.83 bits per heavy atom. The van der Waals surface area contributed by atoms with Crippen LogP contribution < -0.4 is 5.32 Å². The van der Waals surface area contributed by atoms with E-state index in [4.69, 9.17) is 0 Å². The zero-order valence-corrected chi connectivity index (χ0v) is 11.7. The SMILES string of the molecule is Cc1cc(NCC(O)c2ccccn2)ccc1Br. The molecule has 2 N–H and O–H groups in total. The second-order valence-corrected chi connectivity index (χ2v) is 4.97. The molecule has 0 aliphatic rings. The number of benzene rings is 1. The van der Waals surface area contributed by atoms with Crippen molar-refractivity contribution in [3.63, 3.8) is 0 Å². The van der Waals surface area contributed by atoms with E-state index in [1.807, 2.05) is 43.3 Å². The smallest absolute Gasteiger partial charge is 0.113 e. The summed E-state index contributed by atoms with van der Waals surface area (Å²) in [7, 11) is 0. The molecule has 1 unspecified atom stereocenters. The molecule has 0 saturated carbocycles. The number of anilines is 1. The van der Waals surface area contributed by atoms with Crippen molar-refractivity contribution in [1.82, 2.24) is 4.98 Å². The number of nitrogens with one attached hydrogen (secondary N) is 1. The fourth-order valence-corrected chi connectivity index (χ4v) is 1.89. The zero-order valence-electron chi connectivity index (χ0n) is 10.1. The number of rotatable bonds is 4.